The van der Waals surface area contributed by atoms with Crippen molar-refractivity contribution in [1.82, 2.24) is 4.90 Å². The van der Waals surface area contributed by atoms with Gasteiger partial charge >= 0.3 is 0 Å². The zero-order valence-corrected chi connectivity index (χ0v) is 21.8. The highest BCUT2D eigenvalue weighted by Crippen LogP contribution is 2.44. The van der Waals surface area contributed by atoms with Gasteiger partial charge in [-0.25, -0.2) is 0 Å². The summed E-state index contributed by atoms with van der Waals surface area (Å²) >= 11 is 6.63. The summed E-state index contributed by atoms with van der Waals surface area (Å²) in [6.45, 7) is 2.00. The Morgan fingerprint density at radius 2 is 1.65 bits per heavy atom. The third-order valence-corrected chi connectivity index (χ3v) is 7.67. The first-order valence-corrected chi connectivity index (χ1v) is 12.8. The molecule has 186 valence electrons. The Kier molecular flexibility index (Phi) is 6.82. The molecule has 9 heteroatoms. The number of fused-ring (bicyclic) bond motifs is 1. The highest BCUT2D eigenvalue weighted by atomic mass is 32.2. The van der Waals surface area contributed by atoms with Crippen LogP contribution in [0.2, 0.25) is 0 Å². The molecule has 0 bridgehead atoms. The lowest BCUT2D eigenvalue weighted by molar-refractivity contribution is -0.122. The van der Waals surface area contributed by atoms with E-state index in [-0.39, 0.29) is 35.4 Å². The van der Waals surface area contributed by atoms with Gasteiger partial charge in [0.15, 0.2) is 0 Å². The number of para-hydroxylation sites is 2. The topological polar surface area (TPSA) is 79.0 Å². The molecular weight excluding hydrogens is 506 g/mol. The van der Waals surface area contributed by atoms with E-state index in [2.05, 4.69) is 5.32 Å². The van der Waals surface area contributed by atoms with Gasteiger partial charge in [0.2, 0.25) is 5.91 Å². The van der Waals surface area contributed by atoms with Crippen LogP contribution in [0.4, 0.5) is 11.4 Å². The summed E-state index contributed by atoms with van der Waals surface area (Å²) in [6.07, 6.45) is 0. The zero-order valence-electron chi connectivity index (χ0n) is 20.2. The van der Waals surface area contributed by atoms with E-state index in [9.17, 15) is 14.4 Å². The van der Waals surface area contributed by atoms with Crippen LogP contribution in [-0.4, -0.2) is 40.6 Å². The molecule has 2 heterocycles. The Balaban J connectivity index is 1.42. The maximum atomic E-state index is 13.6. The second-order valence-corrected chi connectivity index (χ2v) is 10.2. The van der Waals surface area contributed by atoms with Crippen molar-refractivity contribution in [2.24, 2.45) is 0 Å². The molecule has 1 N–H and O–H groups in total. The van der Waals surface area contributed by atoms with Crippen LogP contribution in [0, 0.1) is 6.92 Å². The normalized spacial score (nSPS) is 16.9. The molecule has 3 aromatic rings. The smallest absolute Gasteiger partial charge is 0.267 e. The van der Waals surface area contributed by atoms with Gasteiger partial charge in [-0.2, -0.15) is 0 Å². The predicted molar refractivity (Wildman–Crippen MR) is 149 cm³/mol. The minimum Gasteiger partial charge on any atom is -0.497 e. The largest absolute Gasteiger partial charge is 0.497 e. The van der Waals surface area contributed by atoms with E-state index >= 15 is 0 Å². The third-order valence-electron chi connectivity index (χ3n) is 6.22. The lowest BCUT2D eigenvalue weighted by atomic mass is 10.1. The third kappa shape index (κ3) is 4.75. The van der Waals surface area contributed by atoms with E-state index in [0.717, 1.165) is 28.6 Å². The number of aryl methyl sites for hydroxylation is 1. The maximum absolute atomic E-state index is 13.6. The van der Waals surface area contributed by atoms with Crippen molar-refractivity contribution in [3.8, 4) is 5.75 Å². The Hall–Kier alpha value is -3.95. The molecule has 0 aliphatic carbocycles. The summed E-state index contributed by atoms with van der Waals surface area (Å²) in [5.74, 6) is -0.331. The molecular formula is C28H23N3O4S2. The van der Waals surface area contributed by atoms with E-state index in [1.54, 1.807) is 31.4 Å². The number of rotatable bonds is 6. The number of thioether (sulfide) groups is 1. The van der Waals surface area contributed by atoms with Gasteiger partial charge in [0.1, 0.15) is 16.6 Å². The maximum Gasteiger partial charge on any atom is 0.267 e. The first kappa shape index (κ1) is 24.7. The Morgan fingerprint density at radius 3 is 2.38 bits per heavy atom. The first-order chi connectivity index (χ1) is 17.9. The Bertz CT molecular complexity index is 1470. The van der Waals surface area contributed by atoms with Gasteiger partial charge < -0.3 is 10.1 Å². The number of methoxy groups -OCH3 is 1. The molecule has 0 aromatic heterocycles. The number of hydrogen-bond donors (Lipinski definition) is 1. The Morgan fingerprint density at radius 1 is 0.946 bits per heavy atom. The molecule has 0 unspecified atom stereocenters. The SMILES string of the molecule is COc1ccc(CN2C(=O)C(=C3C(=O)N(CC(=O)Nc4ccccc4C)c4ccccc43)SC2=S)cc1. The molecule has 0 spiro atoms. The minimum absolute atomic E-state index is 0.181. The molecule has 37 heavy (non-hydrogen) atoms. The fraction of sp³-hybridized carbons (Fsp3) is 0.143. The van der Waals surface area contributed by atoms with E-state index in [1.165, 1.54) is 9.80 Å². The fourth-order valence-corrected chi connectivity index (χ4v) is 5.63. The minimum atomic E-state index is -0.397. The molecule has 7 nitrogen and oxygen atoms in total. The van der Waals surface area contributed by atoms with Crippen LogP contribution >= 0.6 is 24.0 Å². The number of nitrogens with one attached hydrogen (secondary N) is 1. The second kappa shape index (κ2) is 10.2. The van der Waals surface area contributed by atoms with E-state index in [4.69, 9.17) is 17.0 Å². The number of thiocarbonyl (C=S) groups is 1. The summed E-state index contributed by atoms with van der Waals surface area (Å²) in [5.41, 5.74) is 3.96. The number of ether oxygens (including phenoxy) is 1. The van der Waals surface area contributed by atoms with Crippen molar-refractivity contribution in [3.05, 3.63) is 94.4 Å². The molecule has 2 aliphatic rings. The zero-order chi connectivity index (χ0) is 26.1. The summed E-state index contributed by atoms with van der Waals surface area (Å²) in [7, 11) is 1.59. The van der Waals surface area contributed by atoms with Gasteiger partial charge in [-0.15, -0.1) is 0 Å². The van der Waals surface area contributed by atoms with Crippen LogP contribution in [-0.2, 0) is 20.9 Å². The number of benzene rings is 3. The van der Waals surface area contributed by atoms with Crippen LogP contribution in [0.1, 0.15) is 16.7 Å². The number of nitrogens with zero attached hydrogens (tertiary/aromatic N) is 2. The van der Waals surface area contributed by atoms with Gasteiger partial charge in [0, 0.05) is 11.3 Å². The van der Waals surface area contributed by atoms with Gasteiger partial charge in [0.25, 0.3) is 11.8 Å². The average molecular weight is 530 g/mol. The number of amides is 3. The summed E-state index contributed by atoms with van der Waals surface area (Å²) < 4.78 is 5.58. The molecule has 1 fully saturated rings. The molecule has 0 saturated carbocycles. The number of hydrogen-bond acceptors (Lipinski definition) is 6. The van der Waals surface area contributed by atoms with Crippen molar-refractivity contribution in [1.29, 1.82) is 0 Å². The van der Waals surface area contributed by atoms with Crippen LogP contribution < -0.4 is 15.0 Å². The number of anilines is 2. The number of carbonyl (C=O) groups is 3. The molecule has 3 amide bonds. The molecule has 2 aliphatic heterocycles. The molecule has 5 rings (SSSR count). The van der Waals surface area contributed by atoms with Crippen LogP contribution in [0.15, 0.2) is 77.7 Å². The standard InChI is InChI=1S/C28H23N3O4S2/c1-17-7-3-5-9-21(17)29-23(32)16-30-22-10-6-4-8-20(22)24(26(30)33)25-27(34)31(28(36)37-25)15-18-11-13-19(35-2)14-12-18/h3-14H,15-16H2,1-2H3,(H,29,32). The summed E-state index contributed by atoms with van der Waals surface area (Å²) in [4.78, 5) is 43.2. The monoisotopic (exact) mass is 529 g/mol. The Labute approximate surface area is 224 Å². The van der Waals surface area contributed by atoms with E-state index in [0.29, 0.717) is 21.3 Å². The lowest BCUT2D eigenvalue weighted by Gasteiger charge is -2.17. The van der Waals surface area contributed by atoms with Crippen LogP contribution in [0.25, 0.3) is 5.57 Å². The highest BCUT2D eigenvalue weighted by Gasteiger charge is 2.42. The van der Waals surface area contributed by atoms with Gasteiger partial charge in [-0.3, -0.25) is 24.2 Å². The first-order valence-electron chi connectivity index (χ1n) is 11.5. The van der Waals surface area contributed by atoms with Crippen LogP contribution in [0.5, 0.6) is 5.75 Å². The summed E-state index contributed by atoms with van der Waals surface area (Å²) in [6, 6.07) is 22.0. The van der Waals surface area contributed by atoms with Gasteiger partial charge in [-0.1, -0.05) is 72.5 Å². The van der Waals surface area contributed by atoms with Gasteiger partial charge in [-0.05, 0) is 42.3 Å². The molecule has 3 aromatic carbocycles. The van der Waals surface area contributed by atoms with Crippen molar-refractivity contribution in [3.63, 3.8) is 0 Å². The van der Waals surface area contributed by atoms with E-state index in [1.807, 2.05) is 55.5 Å². The van der Waals surface area contributed by atoms with Crippen molar-refractivity contribution < 1.29 is 19.1 Å². The molecule has 0 radical (unpaired) electrons. The number of carbonyl (C=O) groups excluding carboxylic acids is 3. The van der Waals surface area contributed by atoms with Crippen LogP contribution in [0.3, 0.4) is 0 Å². The molecule has 0 atom stereocenters. The van der Waals surface area contributed by atoms with E-state index < -0.39 is 5.91 Å². The van der Waals surface area contributed by atoms with Crippen molar-refractivity contribution in [2.75, 3.05) is 23.9 Å². The summed E-state index contributed by atoms with van der Waals surface area (Å²) in [5, 5.41) is 2.87. The van der Waals surface area contributed by atoms with Crippen molar-refractivity contribution >= 4 is 63.0 Å². The fourth-order valence-electron chi connectivity index (χ4n) is 4.30. The second-order valence-electron chi connectivity index (χ2n) is 8.58. The lowest BCUT2D eigenvalue weighted by Crippen LogP contribution is -2.35. The van der Waals surface area contributed by atoms with Crippen molar-refractivity contribution in [2.45, 2.75) is 13.5 Å². The predicted octanol–water partition coefficient (Wildman–Crippen LogP) is 4.76. The quantitative estimate of drug-likeness (QED) is 0.367. The molecule has 1 saturated heterocycles. The van der Waals surface area contributed by atoms with Gasteiger partial charge in [0.05, 0.1) is 29.8 Å². The average Bonchev–Trinajstić information content (AvgIpc) is 3.33. The highest BCUT2D eigenvalue weighted by molar-refractivity contribution is 8.26.